The topological polar surface area (TPSA) is 38.0 Å². The fraction of sp³-hybridized carbons (Fsp3) is 1.00. The quantitative estimate of drug-likeness (QED) is 0.699. The first-order valence-electron chi connectivity index (χ1n) is 5.41. The van der Waals surface area contributed by atoms with Gasteiger partial charge in [0.05, 0.1) is 6.42 Å². The minimum atomic E-state index is -4.10. The monoisotopic (exact) mass is 226 g/mol. The molecule has 0 heterocycles. The standard InChI is InChI=1S/C10H21F3N2/c1-3-4-5-9(14)7-15-8(2)6-10(11,12)13/h8-9,15H,3-7,14H2,1-2H3. The molecule has 0 saturated heterocycles. The van der Waals surface area contributed by atoms with Gasteiger partial charge in [0.1, 0.15) is 0 Å². The molecule has 15 heavy (non-hydrogen) atoms. The summed E-state index contributed by atoms with van der Waals surface area (Å²) in [4.78, 5) is 0. The maximum Gasteiger partial charge on any atom is 0.390 e. The molecule has 0 saturated carbocycles. The van der Waals surface area contributed by atoms with Crippen LogP contribution in [0.1, 0.15) is 39.5 Å². The first-order valence-corrected chi connectivity index (χ1v) is 5.41. The first-order chi connectivity index (χ1) is 6.85. The Morgan fingerprint density at radius 1 is 1.33 bits per heavy atom. The van der Waals surface area contributed by atoms with Crippen molar-refractivity contribution in [3.8, 4) is 0 Å². The molecule has 0 aromatic rings. The molecule has 0 rings (SSSR count). The number of alkyl halides is 3. The molecule has 5 heteroatoms. The molecule has 0 aliphatic heterocycles. The molecule has 0 aromatic heterocycles. The summed E-state index contributed by atoms with van der Waals surface area (Å²) in [5.41, 5.74) is 5.73. The van der Waals surface area contributed by atoms with Gasteiger partial charge in [-0.1, -0.05) is 19.8 Å². The minimum absolute atomic E-state index is 0.0411. The van der Waals surface area contributed by atoms with Gasteiger partial charge in [-0.3, -0.25) is 0 Å². The van der Waals surface area contributed by atoms with Crippen LogP contribution < -0.4 is 11.1 Å². The van der Waals surface area contributed by atoms with E-state index in [0.717, 1.165) is 19.3 Å². The molecule has 0 aliphatic carbocycles. The van der Waals surface area contributed by atoms with Crippen LogP contribution in [-0.2, 0) is 0 Å². The number of hydrogen-bond acceptors (Lipinski definition) is 2. The lowest BCUT2D eigenvalue weighted by molar-refractivity contribution is -0.139. The summed E-state index contributed by atoms with van der Waals surface area (Å²) < 4.78 is 35.9. The molecule has 0 spiro atoms. The molecule has 0 radical (unpaired) electrons. The van der Waals surface area contributed by atoms with Crippen molar-refractivity contribution >= 4 is 0 Å². The van der Waals surface area contributed by atoms with Crippen molar-refractivity contribution < 1.29 is 13.2 Å². The molecule has 2 unspecified atom stereocenters. The number of nitrogens with two attached hydrogens (primary N) is 1. The van der Waals surface area contributed by atoms with Crippen molar-refractivity contribution in [2.75, 3.05) is 6.54 Å². The summed E-state index contributed by atoms with van der Waals surface area (Å²) in [5, 5.41) is 2.80. The van der Waals surface area contributed by atoms with Gasteiger partial charge in [-0.25, -0.2) is 0 Å². The van der Waals surface area contributed by atoms with E-state index in [1.807, 2.05) is 0 Å². The van der Waals surface area contributed by atoms with Crippen LogP contribution in [0.25, 0.3) is 0 Å². The lowest BCUT2D eigenvalue weighted by Gasteiger charge is -2.18. The second-order valence-electron chi connectivity index (χ2n) is 4.03. The lowest BCUT2D eigenvalue weighted by Crippen LogP contribution is -2.40. The first kappa shape index (κ1) is 14.7. The Morgan fingerprint density at radius 2 is 1.93 bits per heavy atom. The van der Waals surface area contributed by atoms with Crippen molar-refractivity contribution in [2.45, 2.75) is 57.8 Å². The number of rotatable bonds is 7. The van der Waals surface area contributed by atoms with Gasteiger partial charge < -0.3 is 11.1 Å². The molecular formula is C10H21F3N2. The predicted molar refractivity (Wildman–Crippen MR) is 55.6 cm³/mol. The molecule has 0 fully saturated rings. The van der Waals surface area contributed by atoms with Crippen LogP contribution >= 0.6 is 0 Å². The number of hydrogen-bond donors (Lipinski definition) is 2. The molecule has 0 amide bonds. The van der Waals surface area contributed by atoms with Crippen molar-refractivity contribution in [1.29, 1.82) is 0 Å². The third kappa shape index (κ3) is 10.0. The second kappa shape index (κ2) is 7.06. The van der Waals surface area contributed by atoms with Gasteiger partial charge in [0, 0.05) is 18.6 Å². The molecule has 0 bridgehead atoms. The Labute approximate surface area is 89.4 Å². The van der Waals surface area contributed by atoms with E-state index in [2.05, 4.69) is 12.2 Å². The zero-order valence-corrected chi connectivity index (χ0v) is 9.40. The third-order valence-corrected chi connectivity index (χ3v) is 2.19. The minimum Gasteiger partial charge on any atom is -0.327 e. The zero-order valence-electron chi connectivity index (χ0n) is 9.40. The maximum absolute atomic E-state index is 12.0. The van der Waals surface area contributed by atoms with E-state index in [9.17, 15) is 13.2 Å². The Balaban J connectivity index is 3.57. The fourth-order valence-electron chi connectivity index (χ4n) is 1.34. The predicted octanol–water partition coefficient (Wildman–Crippen LogP) is 2.43. The van der Waals surface area contributed by atoms with Gasteiger partial charge in [0.15, 0.2) is 0 Å². The molecule has 2 atom stereocenters. The smallest absolute Gasteiger partial charge is 0.327 e. The highest BCUT2D eigenvalue weighted by Crippen LogP contribution is 2.21. The van der Waals surface area contributed by atoms with Crippen LogP contribution in [0, 0.1) is 0 Å². The van der Waals surface area contributed by atoms with Crippen LogP contribution in [0.4, 0.5) is 13.2 Å². The average molecular weight is 226 g/mol. The highest BCUT2D eigenvalue weighted by Gasteiger charge is 2.29. The highest BCUT2D eigenvalue weighted by atomic mass is 19.4. The van der Waals surface area contributed by atoms with E-state index in [1.54, 1.807) is 0 Å². The van der Waals surface area contributed by atoms with Crippen LogP contribution in [-0.4, -0.2) is 24.8 Å². The molecular weight excluding hydrogens is 205 g/mol. The summed E-state index contributed by atoms with van der Waals surface area (Å²) in [5.74, 6) is 0. The third-order valence-electron chi connectivity index (χ3n) is 2.19. The summed E-state index contributed by atoms with van der Waals surface area (Å²) >= 11 is 0. The van der Waals surface area contributed by atoms with E-state index in [1.165, 1.54) is 6.92 Å². The summed E-state index contributed by atoms with van der Waals surface area (Å²) in [6.07, 6.45) is -1.95. The Morgan fingerprint density at radius 3 is 2.40 bits per heavy atom. The number of unbranched alkanes of at least 4 members (excludes halogenated alkanes) is 1. The molecule has 0 aliphatic rings. The summed E-state index contributed by atoms with van der Waals surface area (Å²) in [6.45, 7) is 4.05. The fourth-order valence-corrected chi connectivity index (χ4v) is 1.34. The van der Waals surface area contributed by atoms with Gasteiger partial charge in [-0.2, -0.15) is 13.2 Å². The average Bonchev–Trinajstić information content (AvgIpc) is 2.08. The van der Waals surface area contributed by atoms with Crippen LogP contribution in [0.3, 0.4) is 0 Å². The second-order valence-corrected chi connectivity index (χ2v) is 4.03. The highest BCUT2D eigenvalue weighted by molar-refractivity contribution is 4.70. The number of nitrogens with one attached hydrogen (secondary N) is 1. The van der Waals surface area contributed by atoms with Crippen LogP contribution in [0.2, 0.25) is 0 Å². The number of halogens is 3. The molecule has 3 N–H and O–H groups in total. The SMILES string of the molecule is CCCCC(N)CNC(C)CC(F)(F)F. The van der Waals surface area contributed by atoms with Crippen molar-refractivity contribution in [1.82, 2.24) is 5.32 Å². The van der Waals surface area contributed by atoms with Crippen molar-refractivity contribution in [3.63, 3.8) is 0 Å². The van der Waals surface area contributed by atoms with Gasteiger partial charge in [-0.15, -0.1) is 0 Å². The van der Waals surface area contributed by atoms with Crippen molar-refractivity contribution in [2.24, 2.45) is 5.73 Å². The van der Waals surface area contributed by atoms with E-state index in [4.69, 9.17) is 5.73 Å². The van der Waals surface area contributed by atoms with Crippen LogP contribution in [0.15, 0.2) is 0 Å². The summed E-state index contributed by atoms with van der Waals surface area (Å²) in [7, 11) is 0. The van der Waals surface area contributed by atoms with Gasteiger partial charge in [0.25, 0.3) is 0 Å². The van der Waals surface area contributed by atoms with Gasteiger partial charge >= 0.3 is 6.18 Å². The molecule has 92 valence electrons. The van der Waals surface area contributed by atoms with E-state index >= 15 is 0 Å². The largest absolute Gasteiger partial charge is 0.390 e. The van der Waals surface area contributed by atoms with Gasteiger partial charge in [0.2, 0.25) is 0 Å². The van der Waals surface area contributed by atoms with E-state index in [-0.39, 0.29) is 6.04 Å². The summed E-state index contributed by atoms with van der Waals surface area (Å²) in [6, 6.07) is -0.599. The Kier molecular flexibility index (Phi) is 6.92. The van der Waals surface area contributed by atoms with Gasteiger partial charge in [-0.05, 0) is 13.3 Å². The van der Waals surface area contributed by atoms with E-state index < -0.39 is 18.6 Å². The van der Waals surface area contributed by atoms with Crippen LogP contribution in [0.5, 0.6) is 0 Å². The lowest BCUT2D eigenvalue weighted by atomic mass is 10.1. The van der Waals surface area contributed by atoms with E-state index in [0.29, 0.717) is 6.54 Å². The Bertz CT molecular complexity index is 159. The normalized spacial score (nSPS) is 16.4. The molecule has 0 aromatic carbocycles. The molecule has 2 nitrogen and oxygen atoms in total. The Hall–Kier alpha value is -0.290. The zero-order chi connectivity index (χ0) is 11.9. The van der Waals surface area contributed by atoms with Crippen molar-refractivity contribution in [3.05, 3.63) is 0 Å². The maximum atomic E-state index is 12.0.